The van der Waals surface area contributed by atoms with Gasteiger partial charge in [-0.05, 0) is 75.5 Å². The summed E-state index contributed by atoms with van der Waals surface area (Å²) in [6, 6.07) is 71.0. The van der Waals surface area contributed by atoms with Crippen molar-refractivity contribution in [2.24, 2.45) is 0 Å². The maximum atomic E-state index is 6.46. The first-order valence-electron chi connectivity index (χ1n) is 18.7. The zero-order valence-electron chi connectivity index (χ0n) is 29.8. The Morgan fingerprint density at radius 1 is 0.309 bits per heavy atom. The first-order valence-corrected chi connectivity index (χ1v) is 18.7. The molecule has 55 heavy (non-hydrogen) atoms. The van der Waals surface area contributed by atoms with E-state index >= 15 is 0 Å². The number of para-hydroxylation sites is 4. The number of furan rings is 2. The molecule has 11 rings (SSSR count). The standard InChI is InChI=1S/C52H33NO2/c1-2-14-34(15-3-1)38-21-10-16-36-17-11-23-42(50(36)38)40-18-4-7-25-45(40)53(46-26-13-29-49-51(46)44-20-6-9-28-48(44)54-49)37-32-30-35(31-33-37)39-22-12-24-43-41-19-5-8-27-47(41)55-52(39)43/h1-33H. The van der Waals surface area contributed by atoms with Gasteiger partial charge in [0, 0.05) is 33.0 Å². The first kappa shape index (κ1) is 31.2. The van der Waals surface area contributed by atoms with E-state index in [9.17, 15) is 0 Å². The molecule has 0 bridgehead atoms. The molecule has 3 heteroatoms. The molecular weight excluding hydrogens is 671 g/mol. The molecule has 258 valence electrons. The lowest BCUT2D eigenvalue weighted by Crippen LogP contribution is -2.11. The van der Waals surface area contributed by atoms with Crippen LogP contribution in [0.3, 0.4) is 0 Å². The number of benzene rings is 9. The van der Waals surface area contributed by atoms with Crippen LogP contribution in [-0.2, 0) is 0 Å². The number of fused-ring (bicyclic) bond motifs is 7. The molecule has 0 N–H and O–H groups in total. The minimum atomic E-state index is 0.853. The van der Waals surface area contributed by atoms with E-state index in [1.54, 1.807) is 0 Å². The summed E-state index contributed by atoms with van der Waals surface area (Å²) in [6.45, 7) is 0. The van der Waals surface area contributed by atoms with E-state index in [4.69, 9.17) is 8.83 Å². The van der Waals surface area contributed by atoms with Crippen molar-refractivity contribution in [2.45, 2.75) is 0 Å². The second-order valence-electron chi connectivity index (χ2n) is 14.0. The number of hydrogen-bond acceptors (Lipinski definition) is 3. The van der Waals surface area contributed by atoms with Crippen molar-refractivity contribution >= 4 is 71.7 Å². The van der Waals surface area contributed by atoms with Gasteiger partial charge < -0.3 is 13.7 Å². The smallest absolute Gasteiger partial charge is 0.143 e. The zero-order chi connectivity index (χ0) is 36.3. The molecule has 9 aromatic carbocycles. The highest BCUT2D eigenvalue weighted by Crippen LogP contribution is 2.48. The summed E-state index contributed by atoms with van der Waals surface area (Å²) < 4.78 is 12.9. The predicted molar refractivity (Wildman–Crippen MR) is 229 cm³/mol. The van der Waals surface area contributed by atoms with E-state index in [2.05, 4.69) is 181 Å². The molecular formula is C52H33NO2. The van der Waals surface area contributed by atoms with E-state index in [-0.39, 0.29) is 0 Å². The van der Waals surface area contributed by atoms with E-state index in [0.717, 1.165) is 77.6 Å². The van der Waals surface area contributed by atoms with E-state index < -0.39 is 0 Å². The van der Waals surface area contributed by atoms with Crippen LogP contribution in [0.5, 0.6) is 0 Å². The lowest BCUT2D eigenvalue weighted by Gasteiger charge is -2.29. The van der Waals surface area contributed by atoms with Gasteiger partial charge in [-0.2, -0.15) is 0 Å². The molecule has 0 aliphatic heterocycles. The van der Waals surface area contributed by atoms with Crippen molar-refractivity contribution < 1.29 is 8.83 Å². The van der Waals surface area contributed by atoms with Crippen LogP contribution < -0.4 is 4.90 Å². The summed E-state index contributed by atoms with van der Waals surface area (Å²) in [7, 11) is 0. The molecule has 0 radical (unpaired) electrons. The van der Waals surface area contributed by atoms with Crippen molar-refractivity contribution in [1.29, 1.82) is 0 Å². The van der Waals surface area contributed by atoms with Crippen molar-refractivity contribution in [2.75, 3.05) is 4.90 Å². The summed E-state index contributed by atoms with van der Waals surface area (Å²) >= 11 is 0. The second kappa shape index (κ2) is 12.6. The number of anilines is 3. The Labute approximate surface area is 317 Å². The second-order valence-corrected chi connectivity index (χ2v) is 14.0. The lowest BCUT2D eigenvalue weighted by atomic mass is 9.90. The van der Waals surface area contributed by atoms with Crippen molar-refractivity contribution in [1.82, 2.24) is 0 Å². The van der Waals surface area contributed by atoms with Gasteiger partial charge in [-0.1, -0.05) is 158 Å². The van der Waals surface area contributed by atoms with Crippen LogP contribution in [0.25, 0.3) is 88.0 Å². The van der Waals surface area contributed by atoms with Crippen molar-refractivity contribution in [3.63, 3.8) is 0 Å². The van der Waals surface area contributed by atoms with Gasteiger partial charge in [0.25, 0.3) is 0 Å². The summed E-state index contributed by atoms with van der Waals surface area (Å²) in [5.74, 6) is 0. The van der Waals surface area contributed by atoms with Crippen molar-refractivity contribution in [3.8, 4) is 33.4 Å². The zero-order valence-corrected chi connectivity index (χ0v) is 29.8. The van der Waals surface area contributed by atoms with Gasteiger partial charge in [0.15, 0.2) is 0 Å². The molecule has 0 atom stereocenters. The monoisotopic (exact) mass is 703 g/mol. The highest BCUT2D eigenvalue weighted by molar-refractivity contribution is 6.15. The summed E-state index contributed by atoms with van der Waals surface area (Å²) in [6.07, 6.45) is 0. The number of rotatable bonds is 6. The topological polar surface area (TPSA) is 29.5 Å². The fraction of sp³-hybridized carbons (Fsp3) is 0. The molecule has 0 unspecified atom stereocenters. The molecule has 0 aliphatic carbocycles. The van der Waals surface area contributed by atoms with E-state index in [1.807, 2.05) is 24.3 Å². The largest absolute Gasteiger partial charge is 0.456 e. The van der Waals surface area contributed by atoms with Gasteiger partial charge in [0.1, 0.15) is 22.3 Å². The average Bonchev–Trinajstić information content (AvgIpc) is 3.83. The van der Waals surface area contributed by atoms with Crippen LogP contribution in [0.1, 0.15) is 0 Å². The van der Waals surface area contributed by atoms with Gasteiger partial charge >= 0.3 is 0 Å². The van der Waals surface area contributed by atoms with Gasteiger partial charge in [-0.15, -0.1) is 0 Å². The molecule has 0 aliphatic rings. The molecule has 0 saturated heterocycles. The van der Waals surface area contributed by atoms with Gasteiger partial charge in [0.05, 0.1) is 16.8 Å². The molecule has 0 fully saturated rings. The summed E-state index contributed by atoms with van der Waals surface area (Å²) in [5.41, 5.74) is 13.6. The van der Waals surface area contributed by atoms with Gasteiger partial charge in [0.2, 0.25) is 0 Å². The Kier molecular flexibility index (Phi) is 7.17. The lowest BCUT2D eigenvalue weighted by molar-refractivity contribution is 0.669. The molecule has 11 aromatic rings. The summed E-state index contributed by atoms with van der Waals surface area (Å²) in [4.78, 5) is 2.40. The normalized spacial score (nSPS) is 11.6. The minimum Gasteiger partial charge on any atom is -0.456 e. The third-order valence-corrected chi connectivity index (χ3v) is 10.9. The first-order chi connectivity index (χ1) is 27.3. The molecule has 2 aromatic heterocycles. The Morgan fingerprint density at radius 2 is 0.873 bits per heavy atom. The quantitative estimate of drug-likeness (QED) is 0.173. The van der Waals surface area contributed by atoms with Gasteiger partial charge in [-0.25, -0.2) is 0 Å². The molecule has 0 spiro atoms. The minimum absolute atomic E-state index is 0.853. The highest BCUT2D eigenvalue weighted by Gasteiger charge is 2.23. The van der Waals surface area contributed by atoms with E-state index in [0.29, 0.717) is 0 Å². The van der Waals surface area contributed by atoms with Crippen LogP contribution in [0.15, 0.2) is 209 Å². The Balaban J connectivity index is 1.15. The maximum Gasteiger partial charge on any atom is 0.143 e. The molecule has 3 nitrogen and oxygen atoms in total. The van der Waals surface area contributed by atoms with Crippen LogP contribution in [-0.4, -0.2) is 0 Å². The Morgan fingerprint density at radius 3 is 1.71 bits per heavy atom. The molecule has 0 amide bonds. The Bertz CT molecular complexity index is 3200. The summed E-state index contributed by atoms with van der Waals surface area (Å²) in [5, 5.41) is 6.84. The van der Waals surface area contributed by atoms with Crippen molar-refractivity contribution in [3.05, 3.63) is 200 Å². The van der Waals surface area contributed by atoms with Crippen LogP contribution >= 0.6 is 0 Å². The van der Waals surface area contributed by atoms with Gasteiger partial charge in [-0.3, -0.25) is 0 Å². The molecule has 0 saturated carbocycles. The Hall–Kier alpha value is -7.36. The maximum absolute atomic E-state index is 6.46. The van der Waals surface area contributed by atoms with Crippen LogP contribution in [0.2, 0.25) is 0 Å². The average molecular weight is 704 g/mol. The fourth-order valence-electron chi connectivity index (χ4n) is 8.43. The third kappa shape index (κ3) is 5.05. The molecule has 2 heterocycles. The predicted octanol–water partition coefficient (Wildman–Crippen LogP) is 15.1. The van der Waals surface area contributed by atoms with Crippen LogP contribution in [0, 0.1) is 0 Å². The number of hydrogen-bond donors (Lipinski definition) is 0. The third-order valence-electron chi connectivity index (χ3n) is 10.9. The highest BCUT2D eigenvalue weighted by atomic mass is 16.3. The number of nitrogens with zero attached hydrogens (tertiary/aromatic N) is 1. The van der Waals surface area contributed by atoms with E-state index in [1.165, 1.54) is 27.5 Å². The van der Waals surface area contributed by atoms with Crippen LogP contribution in [0.4, 0.5) is 17.1 Å². The fourth-order valence-corrected chi connectivity index (χ4v) is 8.43. The SMILES string of the molecule is c1ccc(-c2cccc3cccc(-c4ccccc4N(c4ccc(-c5cccc6c5oc5ccccc56)cc4)c4cccc5oc6ccccc6c45)c23)cc1.